The second-order valence-corrected chi connectivity index (χ2v) is 3.42. The Morgan fingerprint density at radius 2 is 2.17 bits per heavy atom. The molecule has 1 aromatic rings. The number of hydrogen-bond donors (Lipinski definition) is 1. The van der Waals surface area contributed by atoms with Crippen LogP contribution < -0.4 is 0 Å². The highest BCUT2D eigenvalue weighted by Crippen LogP contribution is 2.19. The van der Waals surface area contributed by atoms with E-state index in [0.29, 0.717) is 5.56 Å². The van der Waals surface area contributed by atoms with Gasteiger partial charge in [0.2, 0.25) is 0 Å². The van der Waals surface area contributed by atoms with Crippen molar-refractivity contribution in [1.82, 2.24) is 0 Å². The van der Waals surface area contributed by atoms with Gasteiger partial charge in [0.05, 0.1) is 12.0 Å². The zero-order chi connectivity index (χ0) is 13.5. The molecule has 0 spiro atoms. The van der Waals surface area contributed by atoms with Crippen molar-refractivity contribution in [2.45, 2.75) is 12.8 Å². The summed E-state index contributed by atoms with van der Waals surface area (Å²) in [7, 11) is 1.17. The average molecular weight is 252 g/mol. The van der Waals surface area contributed by atoms with Gasteiger partial charge in [0.15, 0.2) is 5.71 Å². The Morgan fingerprint density at radius 1 is 1.50 bits per heavy atom. The molecule has 0 atom stereocenters. The van der Waals surface area contributed by atoms with Crippen LogP contribution in [-0.4, -0.2) is 28.9 Å². The highest BCUT2D eigenvalue weighted by molar-refractivity contribution is 6.36. The fraction of sp³-hybridized carbons (Fsp3) is 0.273. The summed E-state index contributed by atoms with van der Waals surface area (Å²) < 4.78 is 4.41. The molecule has 18 heavy (non-hydrogen) atoms. The predicted octanol–water partition coefficient (Wildman–Crippen LogP) is 1.53. The summed E-state index contributed by atoms with van der Waals surface area (Å²) >= 11 is 0. The van der Waals surface area contributed by atoms with E-state index in [1.54, 1.807) is 18.2 Å². The average Bonchev–Trinajstić information content (AvgIpc) is 2.39. The van der Waals surface area contributed by atoms with Gasteiger partial charge in [-0.25, -0.2) is 4.79 Å². The number of para-hydroxylation sites is 1. The summed E-state index contributed by atoms with van der Waals surface area (Å²) in [6.45, 7) is 0. The minimum Gasteiger partial charge on any atom is -0.464 e. The number of carbonyl (C=O) groups excluding carboxylic acids is 1. The third kappa shape index (κ3) is 3.27. The molecule has 0 radical (unpaired) electrons. The minimum absolute atomic E-state index is 0.0281. The van der Waals surface area contributed by atoms with Crippen LogP contribution >= 0.6 is 0 Å². The lowest BCUT2D eigenvalue weighted by atomic mass is 10.1. The van der Waals surface area contributed by atoms with E-state index in [1.165, 1.54) is 13.2 Å². The van der Waals surface area contributed by atoms with Crippen molar-refractivity contribution in [2.75, 3.05) is 7.11 Å². The molecular weight excluding hydrogens is 240 g/mol. The SMILES string of the molecule is COC(=O)/C(CCc1ccccc1[N+](=O)[O-])=N/O. The van der Waals surface area contributed by atoms with E-state index in [9.17, 15) is 14.9 Å². The lowest BCUT2D eigenvalue weighted by Gasteiger charge is -2.03. The Hall–Kier alpha value is -2.44. The maximum atomic E-state index is 11.1. The maximum absolute atomic E-state index is 11.1. The number of aryl methyl sites for hydroxylation is 1. The van der Waals surface area contributed by atoms with Gasteiger partial charge < -0.3 is 9.94 Å². The van der Waals surface area contributed by atoms with Gasteiger partial charge in [-0.2, -0.15) is 0 Å². The Morgan fingerprint density at radius 3 is 2.72 bits per heavy atom. The molecule has 0 aromatic heterocycles. The van der Waals surface area contributed by atoms with Crippen LogP contribution in [0.5, 0.6) is 0 Å². The maximum Gasteiger partial charge on any atom is 0.355 e. The lowest BCUT2D eigenvalue weighted by molar-refractivity contribution is -0.385. The molecule has 96 valence electrons. The normalized spacial score (nSPS) is 11.1. The van der Waals surface area contributed by atoms with Gasteiger partial charge in [0, 0.05) is 18.1 Å². The summed E-state index contributed by atoms with van der Waals surface area (Å²) in [5, 5.41) is 22.2. The smallest absolute Gasteiger partial charge is 0.355 e. The molecule has 1 N–H and O–H groups in total. The quantitative estimate of drug-likeness (QED) is 0.281. The largest absolute Gasteiger partial charge is 0.464 e. The summed E-state index contributed by atoms with van der Waals surface area (Å²) in [5.41, 5.74) is 0.267. The molecule has 0 amide bonds. The molecule has 1 rings (SSSR count). The number of rotatable bonds is 5. The Bertz CT molecular complexity index is 484. The van der Waals surface area contributed by atoms with Crippen LogP contribution in [0, 0.1) is 10.1 Å². The zero-order valence-electron chi connectivity index (χ0n) is 9.70. The number of carbonyl (C=O) groups is 1. The van der Waals surface area contributed by atoms with E-state index in [0.717, 1.165) is 0 Å². The van der Waals surface area contributed by atoms with Crippen LogP contribution in [-0.2, 0) is 16.0 Å². The summed E-state index contributed by atoms with van der Waals surface area (Å²) in [5.74, 6) is -0.754. The van der Waals surface area contributed by atoms with Gasteiger partial charge in [-0.1, -0.05) is 23.4 Å². The summed E-state index contributed by atoms with van der Waals surface area (Å²) in [4.78, 5) is 21.4. The Labute approximate surface area is 103 Å². The van der Waals surface area contributed by atoms with Crippen LogP contribution in [0.15, 0.2) is 29.4 Å². The van der Waals surface area contributed by atoms with Crippen LogP contribution in [0.2, 0.25) is 0 Å². The fourth-order valence-electron chi connectivity index (χ4n) is 1.46. The third-order valence-electron chi connectivity index (χ3n) is 2.36. The number of nitro benzene ring substituents is 1. The van der Waals surface area contributed by atoms with Gasteiger partial charge in [-0.05, 0) is 6.42 Å². The van der Waals surface area contributed by atoms with Gasteiger partial charge >= 0.3 is 5.97 Å². The molecule has 0 fully saturated rings. The van der Waals surface area contributed by atoms with Crippen molar-refractivity contribution >= 4 is 17.4 Å². The molecule has 0 aliphatic rings. The number of hydrogen-bond acceptors (Lipinski definition) is 6. The number of nitro groups is 1. The molecule has 7 heteroatoms. The monoisotopic (exact) mass is 252 g/mol. The van der Waals surface area contributed by atoms with Gasteiger partial charge in [0.25, 0.3) is 5.69 Å². The standard InChI is InChI=1S/C11H12N2O5/c1-18-11(14)9(12-15)7-6-8-4-2-3-5-10(8)13(16)17/h2-5,15H,6-7H2,1H3/b12-9+. The molecule has 0 heterocycles. The van der Waals surface area contributed by atoms with Crippen molar-refractivity contribution in [3.8, 4) is 0 Å². The topological polar surface area (TPSA) is 102 Å². The molecule has 0 aliphatic heterocycles. The highest BCUT2D eigenvalue weighted by Gasteiger charge is 2.16. The highest BCUT2D eigenvalue weighted by atomic mass is 16.6. The second kappa shape index (κ2) is 6.33. The molecule has 7 nitrogen and oxygen atoms in total. The van der Waals surface area contributed by atoms with E-state index in [2.05, 4.69) is 9.89 Å². The van der Waals surface area contributed by atoms with Gasteiger partial charge in [-0.3, -0.25) is 10.1 Å². The first-order chi connectivity index (χ1) is 8.60. The van der Waals surface area contributed by atoms with Crippen molar-refractivity contribution in [1.29, 1.82) is 0 Å². The van der Waals surface area contributed by atoms with E-state index in [-0.39, 0.29) is 24.2 Å². The van der Waals surface area contributed by atoms with Crippen molar-refractivity contribution < 1.29 is 19.7 Å². The zero-order valence-corrected chi connectivity index (χ0v) is 9.70. The molecular formula is C11H12N2O5. The van der Waals surface area contributed by atoms with Crippen LogP contribution in [0.1, 0.15) is 12.0 Å². The predicted molar refractivity (Wildman–Crippen MR) is 62.7 cm³/mol. The number of oxime groups is 1. The first-order valence-electron chi connectivity index (χ1n) is 5.11. The molecule has 1 aromatic carbocycles. The molecule has 0 saturated carbocycles. The van der Waals surface area contributed by atoms with E-state index < -0.39 is 10.9 Å². The number of esters is 1. The van der Waals surface area contributed by atoms with E-state index in [4.69, 9.17) is 5.21 Å². The molecule has 0 bridgehead atoms. The first kappa shape index (κ1) is 13.6. The minimum atomic E-state index is -0.754. The summed E-state index contributed by atoms with van der Waals surface area (Å²) in [6.07, 6.45) is 0.277. The summed E-state index contributed by atoms with van der Waals surface area (Å²) in [6, 6.07) is 6.19. The third-order valence-corrected chi connectivity index (χ3v) is 2.36. The molecule has 0 aliphatic carbocycles. The Balaban J connectivity index is 2.80. The lowest BCUT2D eigenvalue weighted by Crippen LogP contribution is -2.16. The second-order valence-electron chi connectivity index (χ2n) is 3.42. The van der Waals surface area contributed by atoms with E-state index >= 15 is 0 Å². The van der Waals surface area contributed by atoms with Gasteiger partial charge in [0.1, 0.15) is 0 Å². The number of nitrogens with zero attached hydrogens (tertiary/aromatic N) is 2. The van der Waals surface area contributed by atoms with Gasteiger partial charge in [-0.15, -0.1) is 0 Å². The first-order valence-corrected chi connectivity index (χ1v) is 5.11. The van der Waals surface area contributed by atoms with Crippen molar-refractivity contribution in [2.24, 2.45) is 5.16 Å². The van der Waals surface area contributed by atoms with E-state index in [1.807, 2.05) is 0 Å². The number of benzene rings is 1. The molecule has 0 unspecified atom stereocenters. The molecule has 0 saturated heterocycles. The Kier molecular flexibility index (Phi) is 4.79. The number of methoxy groups -OCH3 is 1. The van der Waals surface area contributed by atoms with Crippen LogP contribution in [0.4, 0.5) is 5.69 Å². The van der Waals surface area contributed by atoms with Crippen molar-refractivity contribution in [3.05, 3.63) is 39.9 Å². The van der Waals surface area contributed by atoms with Crippen molar-refractivity contribution in [3.63, 3.8) is 0 Å². The van der Waals surface area contributed by atoms with Crippen LogP contribution in [0.25, 0.3) is 0 Å². The van der Waals surface area contributed by atoms with Crippen LogP contribution in [0.3, 0.4) is 0 Å². The number of ether oxygens (including phenoxy) is 1. The fourth-order valence-corrected chi connectivity index (χ4v) is 1.46.